The first-order valence-corrected chi connectivity index (χ1v) is 10.1. The van der Waals surface area contributed by atoms with Crippen molar-refractivity contribution in [2.24, 2.45) is 0 Å². The van der Waals surface area contributed by atoms with Crippen LogP contribution < -0.4 is 10.2 Å². The highest BCUT2D eigenvalue weighted by Gasteiger charge is 2.24. The van der Waals surface area contributed by atoms with Crippen LogP contribution in [0.3, 0.4) is 0 Å². The van der Waals surface area contributed by atoms with Gasteiger partial charge >= 0.3 is 0 Å². The molecule has 0 aliphatic rings. The maximum Gasteiger partial charge on any atom is 0.242 e. The molecule has 138 valence electrons. The first kappa shape index (κ1) is 19.7. The van der Waals surface area contributed by atoms with Gasteiger partial charge in [0.25, 0.3) is 0 Å². The third kappa shape index (κ3) is 5.70. The highest BCUT2D eigenvalue weighted by molar-refractivity contribution is 7.92. The summed E-state index contributed by atoms with van der Waals surface area (Å²) in [4.78, 5) is 25.8. The van der Waals surface area contributed by atoms with Gasteiger partial charge in [0.05, 0.1) is 0 Å². The van der Waals surface area contributed by atoms with Crippen LogP contribution in [0.1, 0.15) is 12.5 Å². The van der Waals surface area contributed by atoms with E-state index < -0.39 is 33.2 Å². The zero-order valence-corrected chi connectivity index (χ0v) is 15.6. The van der Waals surface area contributed by atoms with Gasteiger partial charge in [-0.15, -0.1) is 0 Å². The summed E-state index contributed by atoms with van der Waals surface area (Å²) in [5, 5.41) is 2.51. The van der Waals surface area contributed by atoms with Crippen LogP contribution in [-0.4, -0.2) is 38.3 Å². The molecule has 0 aliphatic carbocycles. The first-order chi connectivity index (χ1) is 12.3. The Kier molecular flexibility index (Phi) is 6.52. The maximum atomic E-state index is 12.5. The van der Waals surface area contributed by atoms with E-state index in [1.807, 2.05) is 25.1 Å². The largest absolute Gasteiger partial charge is 0.325 e. The fraction of sp³-hybridized carbons (Fsp3) is 0.263. The Hall–Kier alpha value is -2.67. The van der Waals surface area contributed by atoms with E-state index in [9.17, 15) is 18.0 Å². The summed E-state index contributed by atoms with van der Waals surface area (Å²) in [5.41, 5.74) is 2.12. The van der Waals surface area contributed by atoms with Gasteiger partial charge in [0.2, 0.25) is 11.8 Å². The van der Waals surface area contributed by atoms with Gasteiger partial charge in [0, 0.05) is 17.9 Å². The molecule has 0 bridgehead atoms. The number of carbonyl (C=O) groups is 2. The van der Waals surface area contributed by atoms with Crippen molar-refractivity contribution in [2.45, 2.75) is 13.8 Å². The van der Waals surface area contributed by atoms with Gasteiger partial charge in [-0.1, -0.05) is 30.3 Å². The quantitative estimate of drug-likeness (QED) is 0.807. The molecule has 7 heteroatoms. The molecule has 0 atom stereocenters. The molecule has 26 heavy (non-hydrogen) atoms. The summed E-state index contributed by atoms with van der Waals surface area (Å²) < 4.78 is 24.5. The summed E-state index contributed by atoms with van der Waals surface area (Å²) >= 11 is 0. The van der Waals surface area contributed by atoms with Crippen LogP contribution in [0.5, 0.6) is 0 Å². The van der Waals surface area contributed by atoms with Crippen molar-refractivity contribution in [3.05, 3.63) is 60.2 Å². The Morgan fingerprint density at radius 2 is 1.69 bits per heavy atom. The van der Waals surface area contributed by atoms with Crippen molar-refractivity contribution in [1.82, 2.24) is 0 Å². The lowest BCUT2D eigenvalue weighted by Crippen LogP contribution is -2.37. The Bertz CT molecular complexity index is 879. The molecule has 2 aromatic carbocycles. The molecule has 0 radical (unpaired) electrons. The van der Waals surface area contributed by atoms with Crippen LogP contribution in [0, 0.1) is 6.92 Å². The predicted molar refractivity (Wildman–Crippen MR) is 103 cm³/mol. The van der Waals surface area contributed by atoms with Crippen molar-refractivity contribution in [3.8, 4) is 0 Å². The number of hydrogen-bond donors (Lipinski definition) is 1. The van der Waals surface area contributed by atoms with E-state index in [4.69, 9.17) is 0 Å². The molecule has 0 aromatic heterocycles. The summed E-state index contributed by atoms with van der Waals surface area (Å²) in [6.45, 7) is 4.01. The predicted octanol–water partition coefficient (Wildman–Crippen LogP) is 2.40. The number of anilines is 2. The fourth-order valence-corrected chi connectivity index (χ4v) is 3.64. The molecule has 6 nitrogen and oxygen atoms in total. The zero-order chi connectivity index (χ0) is 19.2. The second-order valence-corrected chi connectivity index (χ2v) is 7.99. The Morgan fingerprint density at radius 3 is 2.31 bits per heavy atom. The van der Waals surface area contributed by atoms with Crippen molar-refractivity contribution >= 4 is 33.0 Å². The summed E-state index contributed by atoms with van der Waals surface area (Å²) in [6.07, 6.45) is 0. The Labute approximate surface area is 153 Å². The lowest BCUT2D eigenvalue weighted by atomic mass is 10.2. The minimum Gasteiger partial charge on any atom is -0.325 e. The van der Waals surface area contributed by atoms with Crippen LogP contribution >= 0.6 is 0 Å². The van der Waals surface area contributed by atoms with Crippen molar-refractivity contribution < 1.29 is 18.0 Å². The van der Waals surface area contributed by atoms with Gasteiger partial charge in [-0.2, -0.15) is 0 Å². The highest BCUT2D eigenvalue weighted by atomic mass is 32.2. The molecule has 2 rings (SSSR count). The third-order valence-electron chi connectivity index (χ3n) is 3.68. The SMILES string of the molecule is CCN(C(=O)CS(=O)(=O)CC(=O)Nc1ccccc1)c1cccc(C)c1. The second kappa shape index (κ2) is 8.62. The monoisotopic (exact) mass is 374 g/mol. The van der Waals surface area contributed by atoms with E-state index in [0.29, 0.717) is 17.9 Å². The van der Waals surface area contributed by atoms with Crippen LogP contribution in [0.4, 0.5) is 11.4 Å². The number of aryl methyl sites for hydroxylation is 1. The van der Waals surface area contributed by atoms with E-state index in [2.05, 4.69) is 5.32 Å². The van der Waals surface area contributed by atoms with E-state index in [-0.39, 0.29) is 0 Å². The lowest BCUT2D eigenvalue weighted by molar-refractivity contribution is -0.116. The number of carbonyl (C=O) groups excluding carboxylic acids is 2. The minimum absolute atomic E-state index is 0.341. The average Bonchev–Trinajstić information content (AvgIpc) is 2.55. The standard InChI is InChI=1S/C19H22N2O4S/c1-3-21(17-11-7-8-15(2)12-17)19(23)14-26(24,25)13-18(22)20-16-9-5-4-6-10-16/h4-12H,3,13-14H2,1-2H3,(H,20,22). The van der Waals surface area contributed by atoms with Gasteiger partial charge < -0.3 is 10.2 Å². The van der Waals surface area contributed by atoms with Gasteiger partial charge in [0.1, 0.15) is 11.5 Å². The molecule has 0 fully saturated rings. The van der Waals surface area contributed by atoms with E-state index >= 15 is 0 Å². The van der Waals surface area contributed by atoms with E-state index in [1.165, 1.54) is 4.90 Å². The van der Waals surface area contributed by atoms with Gasteiger partial charge in [0.15, 0.2) is 9.84 Å². The zero-order valence-electron chi connectivity index (χ0n) is 14.8. The maximum absolute atomic E-state index is 12.5. The van der Waals surface area contributed by atoms with Crippen molar-refractivity contribution in [1.29, 1.82) is 0 Å². The molecule has 0 spiro atoms. The molecule has 0 saturated heterocycles. The molecular weight excluding hydrogens is 352 g/mol. The summed E-state index contributed by atoms with van der Waals surface area (Å²) in [7, 11) is -3.88. The number of rotatable bonds is 7. The number of sulfone groups is 1. The molecule has 0 aliphatic heterocycles. The topological polar surface area (TPSA) is 83.6 Å². The van der Waals surface area contributed by atoms with Crippen molar-refractivity contribution in [2.75, 3.05) is 28.3 Å². The molecule has 0 heterocycles. The molecule has 1 N–H and O–H groups in total. The Morgan fingerprint density at radius 1 is 1.00 bits per heavy atom. The minimum atomic E-state index is -3.88. The van der Waals surface area contributed by atoms with Crippen LogP contribution in [-0.2, 0) is 19.4 Å². The molecule has 2 aromatic rings. The smallest absolute Gasteiger partial charge is 0.242 e. The number of benzene rings is 2. The number of nitrogens with one attached hydrogen (secondary N) is 1. The third-order valence-corrected chi connectivity index (χ3v) is 5.07. The average molecular weight is 374 g/mol. The Balaban J connectivity index is 2.02. The van der Waals surface area contributed by atoms with Crippen LogP contribution in [0.2, 0.25) is 0 Å². The fourth-order valence-electron chi connectivity index (χ4n) is 2.53. The van der Waals surface area contributed by atoms with Gasteiger partial charge in [-0.05, 0) is 43.7 Å². The van der Waals surface area contributed by atoms with Gasteiger partial charge in [-0.3, -0.25) is 9.59 Å². The van der Waals surface area contributed by atoms with Crippen molar-refractivity contribution in [3.63, 3.8) is 0 Å². The lowest BCUT2D eigenvalue weighted by Gasteiger charge is -2.21. The summed E-state index contributed by atoms with van der Waals surface area (Å²) in [6, 6.07) is 15.8. The normalized spacial score (nSPS) is 11.0. The molecular formula is C19H22N2O4S. The summed E-state index contributed by atoms with van der Waals surface area (Å²) in [5.74, 6) is -2.66. The van der Waals surface area contributed by atoms with E-state index in [1.54, 1.807) is 43.3 Å². The molecule has 0 saturated carbocycles. The second-order valence-electron chi connectivity index (χ2n) is 5.92. The van der Waals surface area contributed by atoms with Crippen LogP contribution in [0.25, 0.3) is 0 Å². The molecule has 0 unspecified atom stereocenters. The number of amides is 2. The van der Waals surface area contributed by atoms with Crippen LogP contribution in [0.15, 0.2) is 54.6 Å². The molecule has 2 amide bonds. The number of nitrogens with zero attached hydrogens (tertiary/aromatic N) is 1. The number of para-hydroxylation sites is 1. The van der Waals surface area contributed by atoms with E-state index in [0.717, 1.165) is 5.56 Å². The first-order valence-electron chi connectivity index (χ1n) is 8.23. The highest BCUT2D eigenvalue weighted by Crippen LogP contribution is 2.16. The number of hydrogen-bond acceptors (Lipinski definition) is 4. The van der Waals surface area contributed by atoms with Gasteiger partial charge in [-0.25, -0.2) is 8.42 Å².